The van der Waals surface area contributed by atoms with Gasteiger partial charge in [-0.25, -0.2) is 31.7 Å². The molecule has 5 aromatic rings. The molecule has 4 unspecified atom stereocenters. The molecule has 0 aliphatic carbocycles. The molecule has 1 amide bonds. The Morgan fingerprint density at radius 3 is 2.68 bits per heavy atom. The lowest BCUT2D eigenvalue weighted by atomic mass is 9.88. The van der Waals surface area contributed by atoms with Crippen LogP contribution >= 0.6 is 22.9 Å². The molecular weight excluding hydrogens is 815 g/mol. The van der Waals surface area contributed by atoms with E-state index < -0.39 is 41.6 Å². The molecule has 4 fully saturated rings. The third-order valence-corrected chi connectivity index (χ3v) is 13.5. The second-order valence-electron chi connectivity index (χ2n) is 15.6. The monoisotopic (exact) mass is 856 g/mol. The van der Waals surface area contributed by atoms with Gasteiger partial charge in [-0.15, -0.1) is 16.4 Å². The van der Waals surface area contributed by atoms with Crippen molar-refractivity contribution in [1.82, 2.24) is 34.5 Å². The number of carbonyl (C=O) groups excluding carboxylic acids is 1. The molecule has 5 atom stereocenters. The first-order chi connectivity index (χ1) is 28.3. The van der Waals surface area contributed by atoms with E-state index in [0.717, 1.165) is 41.4 Å². The highest BCUT2D eigenvalue weighted by Gasteiger charge is 2.52. The van der Waals surface area contributed by atoms with Crippen molar-refractivity contribution in [1.29, 1.82) is 5.26 Å². The minimum absolute atomic E-state index is 0.00459. The quantitative estimate of drug-likeness (QED) is 0.158. The first-order valence-electron chi connectivity index (χ1n) is 19.7. The molecule has 2 N–H and O–H groups in total. The smallest absolute Gasteiger partial charge is 0.346 e. The Labute approximate surface area is 345 Å². The van der Waals surface area contributed by atoms with Gasteiger partial charge in [-0.05, 0) is 49.4 Å². The van der Waals surface area contributed by atoms with Gasteiger partial charge >= 0.3 is 12.0 Å². The summed E-state index contributed by atoms with van der Waals surface area (Å²) in [6.07, 6.45) is -0.477. The number of aromatic nitrogens is 5. The highest BCUT2D eigenvalue weighted by Crippen LogP contribution is 2.48. The molecule has 0 spiro atoms. The lowest BCUT2D eigenvalue weighted by molar-refractivity contribution is 0.107. The number of likely N-dealkylation sites (tertiary alicyclic amines) is 1. The fourth-order valence-electron chi connectivity index (χ4n) is 9.83. The van der Waals surface area contributed by atoms with Crippen molar-refractivity contribution < 1.29 is 31.5 Å². The van der Waals surface area contributed by atoms with Crippen LogP contribution < -0.4 is 15.4 Å². The topological polar surface area (TPSA) is 142 Å². The number of nitrogens with zero attached hydrogens (tertiary/aromatic N) is 9. The zero-order valence-electron chi connectivity index (χ0n) is 32.7. The van der Waals surface area contributed by atoms with Crippen LogP contribution in [0.5, 0.6) is 6.01 Å². The number of amides is 1. The number of rotatable bonds is 7. The molecule has 7 heterocycles. The molecular formula is C40H42ClF5N10O2S. The minimum Gasteiger partial charge on any atom is -0.461 e. The molecule has 4 aliphatic rings. The van der Waals surface area contributed by atoms with Crippen LogP contribution in [-0.4, -0.2) is 97.1 Å². The van der Waals surface area contributed by atoms with Gasteiger partial charge in [0.05, 0.1) is 26.9 Å². The number of carbonyl (C=O) groups is 1. The van der Waals surface area contributed by atoms with Crippen molar-refractivity contribution in [3.8, 4) is 23.2 Å². The maximum Gasteiger partial charge on any atom is 0.346 e. The normalized spacial score (nSPS) is 24.0. The lowest BCUT2D eigenvalue weighted by Crippen LogP contribution is -2.44. The van der Waals surface area contributed by atoms with E-state index in [1.165, 1.54) is 12.1 Å². The van der Waals surface area contributed by atoms with Gasteiger partial charge < -0.3 is 20.3 Å². The van der Waals surface area contributed by atoms with Crippen LogP contribution in [0, 0.1) is 34.8 Å². The number of hydrogen-bond acceptors (Lipinski definition) is 11. The van der Waals surface area contributed by atoms with Crippen LogP contribution in [-0.2, 0) is 0 Å². The van der Waals surface area contributed by atoms with Gasteiger partial charge in [0, 0.05) is 54.4 Å². The van der Waals surface area contributed by atoms with E-state index in [9.17, 15) is 23.2 Å². The van der Waals surface area contributed by atoms with E-state index in [2.05, 4.69) is 20.0 Å². The molecule has 4 aliphatic heterocycles. The van der Waals surface area contributed by atoms with Gasteiger partial charge in [0.15, 0.2) is 5.82 Å². The van der Waals surface area contributed by atoms with Crippen molar-refractivity contribution in [2.45, 2.75) is 83.6 Å². The van der Waals surface area contributed by atoms with Gasteiger partial charge in [0.25, 0.3) is 6.43 Å². The van der Waals surface area contributed by atoms with Gasteiger partial charge in [-0.2, -0.15) is 19.9 Å². The van der Waals surface area contributed by atoms with Crippen molar-refractivity contribution in [3.63, 3.8) is 0 Å². The summed E-state index contributed by atoms with van der Waals surface area (Å²) in [6, 6.07) is 4.65. The number of alkyl halides is 3. The number of benzene rings is 2. The van der Waals surface area contributed by atoms with Crippen molar-refractivity contribution in [2.24, 2.45) is 11.8 Å². The zero-order valence-corrected chi connectivity index (χ0v) is 34.3. The van der Waals surface area contributed by atoms with Crippen molar-refractivity contribution in [2.75, 3.05) is 43.4 Å². The molecule has 59 heavy (non-hydrogen) atoms. The summed E-state index contributed by atoms with van der Waals surface area (Å²) in [5.74, 6) is -2.07. The highest BCUT2D eigenvalue weighted by atomic mass is 35.5. The van der Waals surface area contributed by atoms with Crippen LogP contribution in [0.3, 0.4) is 0 Å². The molecule has 0 radical (unpaired) electrons. The summed E-state index contributed by atoms with van der Waals surface area (Å²) in [5.41, 5.74) is 5.41. The number of halogens is 6. The first-order valence-corrected chi connectivity index (χ1v) is 20.9. The Hall–Kier alpha value is -4.86. The fourth-order valence-corrected chi connectivity index (χ4v) is 11.1. The molecule has 19 heteroatoms. The summed E-state index contributed by atoms with van der Waals surface area (Å²) >= 11 is 7.82. The summed E-state index contributed by atoms with van der Waals surface area (Å²) in [6.45, 7) is 9.70. The Balaban J connectivity index is 0.00000238. The predicted octanol–water partition coefficient (Wildman–Crippen LogP) is 8.61. The molecule has 312 valence electrons. The number of anilines is 2. The summed E-state index contributed by atoms with van der Waals surface area (Å²) < 4.78 is 81.0. The predicted molar refractivity (Wildman–Crippen MR) is 215 cm³/mol. The molecule has 2 aromatic carbocycles. The third-order valence-electron chi connectivity index (χ3n) is 12.2. The van der Waals surface area contributed by atoms with E-state index in [1.807, 2.05) is 38.7 Å². The summed E-state index contributed by atoms with van der Waals surface area (Å²) in [7, 11) is 0. The van der Waals surface area contributed by atoms with E-state index in [1.54, 1.807) is 4.90 Å². The number of thiophene rings is 1. The SMILES string of the molecule is CC.CC(C)C1C2CCN(c3nc(OC[C@@]45CCCN4CC(F)C5)nc4c(F)c(-c5ccc(F)c6sc(N)c(C#N)c56)c(Cl)cc34)C2CN1C(=O)n1cnc(C(F)F)n1. The standard InChI is InChI=1S/C38H36ClF5N10O2S.C2H6/c1-17(2)30-19-6-9-52(25(19)14-53(30)37(55)54-16-47-34(50-54)32(43)44)35-21-10-23(39)27(20-4-5-24(41)31-26(20)22(12-45)33(46)57-31)28(42)29(21)48-36(49-35)56-15-38-7-3-8-51(38)13-18(40)11-38;1-2/h4-5,10,16-19,25,30,32H,3,6-9,11,13-15,46H2,1-2H3;1-2H3/t18?,19?,25?,30?,38-;/m0./s1. The number of hydrogen-bond donors (Lipinski definition) is 1. The van der Waals surface area contributed by atoms with Gasteiger partial charge in [-0.3, -0.25) is 4.90 Å². The average Bonchev–Trinajstić information content (AvgIpc) is 4.06. The van der Waals surface area contributed by atoms with Crippen molar-refractivity contribution in [3.05, 3.63) is 52.6 Å². The van der Waals surface area contributed by atoms with Crippen LogP contribution in [0.25, 0.3) is 32.1 Å². The number of ether oxygens (including phenoxy) is 1. The van der Waals surface area contributed by atoms with E-state index in [4.69, 9.17) is 27.1 Å². The second-order valence-corrected chi connectivity index (χ2v) is 17.1. The molecule has 12 nitrogen and oxygen atoms in total. The van der Waals surface area contributed by atoms with Crippen LogP contribution in [0.15, 0.2) is 24.5 Å². The van der Waals surface area contributed by atoms with E-state index in [0.29, 0.717) is 31.7 Å². The van der Waals surface area contributed by atoms with Crippen LogP contribution in [0.2, 0.25) is 5.02 Å². The number of fused-ring (bicyclic) bond motifs is 4. The fraction of sp³-hybridized carbons (Fsp3) is 0.500. The van der Waals surface area contributed by atoms with Gasteiger partial charge in [-0.1, -0.05) is 45.4 Å². The Morgan fingerprint density at radius 2 is 1.97 bits per heavy atom. The largest absolute Gasteiger partial charge is 0.461 e. The third kappa shape index (κ3) is 6.69. The van der Waals surface area contributed by atoms with Crippen molar-refractivity contribution >= 4 is 60.8 Å². The second kappa shape index (κ2) is 15.6. The van der Waals surface area contributed by atoms with Crippen LogP contribution in [0.1, 0.15) is 71.2 Å². The van der Waals surface area contributed by atoms with Crippen LogP contribution in [0.4, 0.5) is 37.6 Å². The molecule has 4 saturated heterocycles. The number of nitriles is 1. The summed E-state index contributed by atoms with van der Waals surface area (Å²) in [5, 5.41) is 14.1. The maximum atomic E-state index is 17.4. The van der Waals surface area contributed by atoms with Gasteiger partial charge in [0.2, 0.25) is 5.82 Å². The van der Waals surface area contributed by atoms with Gasteiger partial charge in [0.1, 0.15) is 47.3 Å². The first kappa shape index (κ1) is 40.9. The zero-order chi connectivity index (χ0) is 42.1. The molecule has 0 saturated carbocycles. The molecule has 9 rings (SSSR count). The highest BCUT2D eigenvalue weighted by molar-refractivity contribution is 7.23. The molecule has 3 aromatic heterocycles. The lowest BCUT2D eigenvalue weighted by Gasteiger charge is -2.31. The van der Waals surface area contributed by atoms with E-state index in [-0.39, 0.29) is 97.2 Å². The number of nitrogen functional groups attached to an aromatic ring is 1. The Bertz CT molecular complexity index is 2490. The number of nitrogens with two attached hydrogens (primary N) is 1. The summed E-state index contributed by atoms with van der Waals surface area (Å²) in [4.78, 5) is 32.5. The maximum absolute atomic E-state index is 17.4. The Morgan fingerprint density at radius 1 is 1.19 bits per heavy atom. The minimum atomic E-state index is -2.95. The van der Waals surface area contributed by atoms with E-state index >= 15 is 8.78 Å². The Kier molecular flexibility index (Phi) is 10.8. The molecule has 0 bridgehead atoms. The average molecular weight is 857 g/mol.